The second-order valence-electron chi connectivity index (χ2n) is 8.11. The van der Waals surface area contributed by atoms with E-state index in [0.29, 0.717) is 41.3 Å². The third-order valence-electron chi connectivity index (χ3n) is 4.54. The minimum Gasteiger partial charge on any atom is -0.338 e. The molecule has 142 valence electrons. The molecule has 0 spiro atoms. The molecule has 0 saturated heterocycles. The Hall–Kier alpha value is -2.20. The van der Waals surface area contributed by atoms with Gasteiger partial charge in [0.15, 0.2) is 5.43 Å². The first-order chi connectivity index (χ1) is 12.8. The van der Waals surface area contributed by atoms with Crippen molar-refractivity contribution in [3.63, 3.8) is 0 Å². The van der Waals surface area contributed by atoms with Crippen LogP contribution in [0.1, 0.15) is 43.6 Å². The van der Waals surface area contributed by atoms with E-state index in [1.807, 2.05) is 42.2 Å². The summed E-state index contributed by atoms with van der Waals surface area (Å²) in [5, 5.41) is 1.26. The Bertz CT molecular complexity index is 1040. The highest BCUT2D eigenvalue weighted by molar-refractivity contribution is 7.24. The van der Waals surface area contributed by atoms with Crippen LogP contribution in [0, 0.1) is 18.8 Å². The summed E-state index contributed by atoms with van der Waals surface area (Å²) >= 11 is 1.57. The summed E-state index contributed by atoms with van der Waals surface area (Å²) in [6, 6.07) is 11.6. The minimum absolute atomic E-state index is 0.0413. The van der Waals surface area contributed by atoms with E-state index in [9.17, 15) is 9.59 Å². The van der Waals surface area contributed by atoms with Crippen LogP contribution in [0.2, 0.25) is 0 Å². The molecule has 0 atom stereocenters. The van der Waals surface area contributed by atoms with Gasteiger partial charge in [-0.2, -0.15) is 0 Å². The average molecular weight is 382 g/mol. The van der Waals surface area contributed by atoms with Crippen LogP contribution in [-0.4, -0.2) is 23.9 Å². The Labute approximate surface area is 164 Å². The SMILES string of the molecule is Cc1ccc2sc3cccc(C(=O)N(CC(C)C)CC(C)C)c3c(=O)c2c1. The number of benzene rings is 2. The van der Waals surface area contributed by atoms with Gasteiger partial charge in [0, 0.05) is 27.9 Å². The molecule has 0 unspecified atom stereocenters. The van der Waals surface area contributed by atoms with Crippen molar-refractivity contribution in [3.8, 4) is 0 Å². The third kappa shape index (κ3) is 4.06. The van der Waals surface area contributed by atoms with Gasteiger partial charge >= 0.3 is 0 Å². The predicted molar refractivity (Wildman–Crippen MR) is 116 cm³/mol. The fraction of sp³-hybridized carbons (Fsp3) is 0.391. The van der Waals surface area contributed by atoms with Crippen molar-refractivity contribution in [2.24, 2.45) is 11.8 Å². The van der Waals surface area contributed by atoms with Crippen LogP contribution in [0.3, 0.4) is 0 Å². The van der Waals surface area contributed by atoms with E-state index in [0.717, 1.165) is 15.0 Å². The quantitative estimate of drug-likeness (QED) is 0.549. The minimum atomic E-state index is -0.0423. The highest BCUT2D eigenvalue weighted by Crippen LogP contribution is 2.28. The maximum Gasteiger partial charge on any atom is 0.254 e. The smallest absolute Gasteiger partial charge is 0.254 e. The van der Waals surface area contributed by atoms with E-state index in [1.54, 1.807) is 17.4 Å². The van der Waals surface area contributed by atoms with Crippen molar-refractivity contribution in [1.82, 2.24) is 4.90 Å². The second-order valence-corrected chi connectivity index (χ2v) is 9.19. The molecule has 3 rings (SSSR count). The van der Waals surface area contributed by atoms with E-state index < -0.39 is 0 Å². The molecular weight excluding hydrogens is 354 g/mol. The van der Waals surface area contributed by atoms with E-state index in [-0.39, 0.29) is 11.3 Å². The summed E-state index contributed by atoms with van der Waals surface area (Å²) in [5.41, 5.74) is 1.54. The fourth-order valence-electron chi connectivity index (χ4n) is 3.48. The van der Waals surface area contributed by atoms with Crippen molar-refractivity contribution in [2.45, 2.75) is 34.6 Å². The van der Waals surface area contributed by atoms with Crippen LogP contribution >= 0.6 is 11.3 Å². The van der Waals surface area contributed by atoms with E-state index in [1.165, 1.54) is 0 Å². The molecule has 3 aromatic rings. The maximum absolute atomic E-state index is 13.4. The van der Waals surface area contributed by atoms with Crippen molar-refractivity contribution < 1.29 is 4.79 Å². The van der Waals surface area contributed by atoms with Crippen LogP contribution in [0.15, 0.2) is 41.2 Å². The van der Waals surface area contributed by atoms with Gasteiger partial charge in [-0.3, -0.25) is 9.59 Å². The van der Waals surface area contributed by atoms with Gasteiger partial charge in [-0.1, -0.05) is 45.4 Å². The molecule has 4 heteroatoms. The summed E-state index contributed by atoms with van der Waals surface area (Å²) in [5.74, 6) is 0.709. The largest absolute Gasteiger partial charge is 0.338 e. The second kappa shape index (κ2) is 7.81. The normalized spacial score (nSPS) is 11.7. The molecule has 1 amide bonds. The average Bonchev–Trinajstić information content (AvgIpc) is 2.60. The molecule has 3 nitrogen and oxygen atoms in total. The zero-order valence-electron chi connectivity index (χ0n) is 16.7. The monoisotopic (exact) mass is 381 g/mol. The van der Waals surface area contributed by atoms with Crippen LogP contribution in [-0.2, 0) is 0 Å². The fourth-order valence-corrected chi connectivity index (χ4v) is 4.57. The molecule has 2 aromatic carbocycles. The molecule has 0 bridgehead atoms. The number of aryl methyl sites for hydroxylation is 1. The van der Waals surface area contributed by atoms with Crippen molar-refractivity contribution in [1.29, 1.82) is 0 Å². The van der Waals surface area contributed by atoms with E-state index >= 15 is 0 Å². The van der Waals surface area contributed by atoms with Crippen LogP contribution in [0.25, 0.3) is 20.2 Å². The van der Waals surface area contributed by atoms with E-state index in [4.69, 9.17) is 0 Å². The Morgan fingerprint density at radius 1 is 1.00 bits per heavy atom. The Morgan fingerprint density at radius 2 is 1.67 bits per heavy atom. The maximum atomic E-state index is 13.4. The van der Waals surface area contributed by atoms with Crippen molar-refractivity contribution in [2.75, 3.05) is 13.1 Å². The Kier molecular flexibility index (Phi) is 5.66. The zero-order chi connectivity index (χ0) is 19.7. The molecule has 1 heterocycles. The molecule has 27 heavy (non-hydrogen) atoms. The van der Waals surface area contributed by atoms with Gasteiger partial charge in [0.05, 0.1) is 10.9 Å². The lowest BCUT2D eigenvalue weighted by Crippen LogP contribution is -2.37. The summed E-state index contributed by atoms with van der Waals surface area (Å²) in [6.07, 6.45) is 0. The Balaban J connectivity index is 2.21. The number of carbonyl (C=O) groups is 1. The first-order valence-electron chi connectivity index (χ1n) is 9.53. The number of amides is 1. The lowest BCUT2D eigenvalue weighted by atomic mass is 10.0. The molecule has 0 N–H and O–H groups in total. The summed E-state index contributed by atoms with van der Waals surface area (Å²) in [6.45, 7) is 11.8. The highest BCUT2D eigenvalue weighted by atomic mass is 32.1. The number of hydrogen-bond donors (Lipinski definition) is 0. The number of nitrogens with zero attached hydrogens (tertiary/aromatic N) is 1. The zero-order valence-corrected chi connectivity index (χ0v) is 17.5. The topological polar surface area (TPSA) is 37.4 Å². The van der Waals surface area contributed by atoms with Gasteiger partial charge in [-0.25, -0.2) is 0 Å². The van der Waals surface area contributed by atoms with Crippen LogP contribution < -0.4 is 5.43 Å². The van der Waals surface area contributed by atoms with Gasteiger partial charge in [-0.05, 0) is 43.0 Å². The van der Waals surface area contributed by atoms with Gasteiger partial charge in [0.1, 0.15) is 0 Å². The highest BCUT2D eigenvalue weighted by Gasteiger charge is 2.22. The first-order valence-corrected chi connectivity index (χ1v) is 10.3. The van der Waals surface area contributed by atoms with E-state index in [2.05, 4.69) is 27.7 Å². The molecule has 0 aliphatic heterocycles. The van der Waals surface area contributed by atoms with Gasteiger partial charge in [0.25, 0.3) is 5.91 Å². The van der Waals surface area contributed by atoms with Gasteiger partial charge in [-0.15, -0.1) is 11.3 Å². The van der Waals surface area contributed by atoms with Crippen LogP contribution in [0.5, 0.6) is 0 Å². The summed E-state index contributed by atoms with van der Waals surface area (Å²) < 4.78 is 1.83. The summed E-state index contributed by atoms with van der Waals surface area (Å²) in [4.78, 5) is 28.5. The number of carbonyl (C=O) groups excluding carboxylic acids is 1. The van der Waals surface area contributed by atoms with Gasteiger partial charge < -0.3 is 4.90 Å². The first kappa shape index (κ1) is 19.6. The number of fused-ring (bicyclic) bond motifs is 2. The standard InChI is InChI=1S/C23H27NO2S/c1-14(2)12-24(13-15(3)4)23(26)17-7-6-8-20-21(17)22(25)18-11-16(5)9-10-19(18)27-20/h6-11,14-15H,12-13H2,1-5H3. The molecule has 0 radical (unpaired) electrons. The van der Waals surface area contributed by atoms with Gasteiger partial charge in [0.2, 0.25) is 0 Å². The van der Waals surface area contributed by atoms with Crippen molar-refractivity contribution in [3.05, 3.63) is 57.7 Å². The lowest BCUT2D eigenvalue weighted by Gasteiger charge is -2.27. The predicted octanol–water partition coefficient (Wildman–Crippen LogP) is 5.48. The molecule has 0 saturated carbocycles. The molecule has 0 aliphatic carbocycles. The van der Waals surface area contributed by atoms with Crippen LogP contribution in [0.4, 0.5) is 0 Å². The number of hydrogen-bond acceptors (Lipinski definition) is 3. The molecule has 0 fully saturated rings. The molecule has 1 aromatic heterocycles. The van der Waals surface area contributed by atoms with Crippen molar-refractivity contribution >= 4 is 37.4 Å². The Morgan fingerprint density at radius 3 is 2.30 bits per heavy atom. The third-order valence-corrected chi connectivity index (χ3v) is 5.68. The molecule has 0 aliphatic rings. The molecular formula is C23H27NO2S. The number of rotatable bonds is 5. The lowest BCUT2D eigenvalue weighted by molar-refractivity contribution is 0.0717. The summed E-state index contributed by atoms with van der Waals surface area (Å²) in [7, 11) is 0.